The molecule has 0 aliphatic heterocycles. The van der Waals surface area contributed by atoms with Crippen molar-refractivity contribution in [2.45, 2.75) is 70.4 Å². The summed E-state index contributed by atoms with van der Waals surface area (Å²) in [4.78, 5) is 0. The van der Waals surface area contributed by atoms with E-state index < -0.39 is 0 Å². The maximum Gasteiger partial charge on any atom is 0.0594 e. The molecule has 2 nitrogen and oxygen atoms in total. The lowest BCUT2D eigenvalue weighted by Gasteiger charge is -2.29. The fourth-order valence-corrected chi connectivity index (χ4v) is 3.14. The molecule has 2 aliphatic carbocycles. The normalized spacial score (nSPS) is 32.1. The van der Waals surface area contributed by atoms with Crippen LogP contribution in [0, 0.1) is 5.92 Å². The van der Waals surface area contributed by atoms with Crippen LogP contribution in [-0.2, 0) is 4.74 Å². The van der Waals surface area contributed by atoms with Gasteiger partial charge in [0.1, 0.15) is 0 Å². The summed E-state index contributed by atoms with van der Waals surface area (Å²) in [5.41, 5.74) is 0. The molecule has 0 aromatic rings. The molecule has 2 heteroatoms. The number of rotatable bonds is 5. The van der Waals surface area contributed by atoms with Gasteiger partial charge in [-0.2, -0.15) is 0 Å². The molecule has 0 amide bonds. The third kappa shape index (κ3) is 3.74. The molecule has 2 aliphatic rings. The van der Waals surface area contributed by atoms with Gasteiger partial charge in [-0.15, -0.1) is 0 Å². The summed E-state index contributed by atoms with van der Waals surface area (Å²) in [5.74, 6) is 0.861. The van der Waals surface area contributed by atoms with Crippen LogP contribution in [0.15, 0.2) is 0 Å². The van der Waals surface area contributed by atoms with E-state index in [0.29, 0.717) is 6.10 Å². The van der Waals surface area contributed by atoms with Gasteiger partial charge in [0, 0.05) is 12.6 Å². The highest BCUT2D eigenvalue weighted by molar-refractivity contribution is 4.78. The quantitative estimate of drug-likeness (QED) is 0.726. The molecule has 2 saturated carbocycles. The SMILES string of the molecule is CC1CCCCC1NCCOC1CCCC1. The summed E-state index contributed by atoms with van der Waals surface area (Å²) in [7, 11) is 0. The van der Waals surface area contributed by atoms with Crippen molar-refractivity contribution in [3.05, 3.63) is 0 Å². The lowest BCUT2D eigenvalue weighted by atomic mass is 9.86. The molecule has 0 heterocycles. The van der Waals surface area contributed by atoms with Crippen LogP contribution in [0.5, 0.6) is 0 Å². The number of ether oxygens (including phenoxy) is 1. The van der Waals surface area contributed by atoms with Crippen LogP contribution < -0.4 is 5.32 Å². The summed E-state index contributed by atoms with van der Waals surface area (Å²) >= 11 is 0. The summed E-state index contributed by atoms with van der Waals surface area (Å²) in [5, 5.41) is 3.67. The minimum absolute atomic E-state index is 0.575. The number of nitrogens with one attached hydrogen (secondary N) is 1. The van der Waals surface area contributed by atoms with E-state index in [1.54, 1.807) is 0 Å². The van der Waals surface area contributed by atoms with E-state index >= 15 is 0 Å². The Balaban J connectivity index is 1.53. The van der Waals surface area contributed by atoms with Crippen LogP contribution in [0.2, 0.25) is 0 Å². The highest BCUT2D eigenvalue weighted by atomic mass is 16.5. The second-order valence-electron chi connectivity index (χ2n) is 5.60. The van der Waals surface area contributed by atoms with Gasteiger partial charge < -0.3 is 10.1 Å². The van der Waals surface area contributed by atoms with Crippen molar-refractivity contribution in [3.8, 4) is 0 Å². The fraction of sp³-hybridized carbons (Fsp3) is 1.00. The largest absolute Gasteiger partial charge is 0.377 e. The van der Waals surface area contributed by atoms with Crippen LogP contribution in [0.25, 0.3) is 0 Å². The molecule has 2 unspecified atom stereocenters. The average Bonchev–Trinajstić information content (AvgIpc) is 2.79. The Kier molecular flexibility index (Phi) is 5.11. The van der Waals surface area contributed by atoms with Crippen molar-refractivity contribution in [2.24, 2.45) is 5.92 Å². The van der Waals surface area contributed by atoms with Crippen molar-refractivity contribution in [3.63, 3.8) is 0 Å². The van der Waals surface area contributed by atoms with Gasteiger partial charge in [0.25, 0.3) is 0 Å². The molecule has 1 N–H and O–H groups in total. The molecule has 94 valence electrons. The molecule has 2 atom stereocenters. The second kappa shape index (κ2) is 6.61. The zero-order valence-electron chi connectivity index (χ0n) is 10.7. The second-order valence-corrected chi connectivity index (χ2v) is 5.60. The van der Waals surface area contributed by atoms with Gasteiger partial charge in [0.05, 0.1) is 12.7 Å². The Hall–Kier alpha value is -0.0800. The van der Waals surface area contributed by atoms with Crippen molar-refractivity contribution >= 4 is 0 Å². The average molecular weight is 225 g/mol. The van der Waals surface area contributed by atoms with E-state index in [0.717, 1.165) is 25.1 Å². The Bertz CT molecular complexity index is 189. The van der Waals surface area contributed by atoms with E-state index in [-0.39, 0.29) is 0 Å². The van der Waals surface area contributed by atoms with Gasteiger partial charge in [-0.25, -0.2) is 0 Å². The smallest absolute Gasteiger partial charge is 0.0594 e. The minimum atomic E-state index is 0.575. The number of hydrogen-bond donors (Lipinski definition) is 1. The molecule has 0 bridgehead atoms. The van der Waals surface area contributed by atoms with Gasteiger partial charge >= 0.3 is 0 Å². The maximum absolute atomic E-state index is 5.87. The van der Waals surface area contributed by atoms with Crippen LogP contribution in [-0.4, -0.2) is 25.3 Å². The van der Waals surface area contributed by atoms with Crippen LogP contribution in [0.4, 0.5) is 0 Å². The monoisotopic (exact) mass is 225 g/mol. The van der Waals surface area contributed by atoms with E-state index in [1.165, 1.54) is 51.4 Å². The standard InChI is InChI=1S/C14H27NO/c1-12-6-2-5-9-14(12)15-10-11-16-13-7-3-4-8-13/h12-15H,2-11H2,1H3. The maximum atomic E-state index is 5.87. The Morgan fingerprint density at radius 2 is 1.69 bits per heavy atom. The highest BCUT2D eigenvalue weighted by Crippen LogP contribution is 2.23. The topological polar surface area (TPSA) is 21.3 Å². The lowest BCUT2D eigenvalue weighted by Crippen LogP contribution is -2.39. The highest BCUT2D eigenvalue weighted by Gasteiger charge is 2.20. The van der Waals surface area contributed by atoms with Crippen LogP contribution >= 0.6 is 0 Å². The first kappa shape index (κ1) is 12.4. The Morgan fingerprint density at radius 1 is 1.00 bits per heavy atom. The van der Waals surface area contributed by atoms with E-state index in [9.17, 15) is 0 Å². The predicted molar refractivity (Wildman–Crippen MR) is 67.6 cm³/mol. The Labute approximate surface area is 100 Å². The van der Waals surface area contributed by atoms with Gasteiger partial charge in [0.15, 0.2) is 0 Å². The van der Waals surface area contributed by atoms with Crippen LogP contribution in [0.3, 0.4) is 0 Å². The summed E-state index contributed by atoms with van der Waals surface area (Å²) in [6.07, 6.45) is 11.5. The lowest BCUT2D eigenvalue weighted by molar-refractivity contribution is 0.0573. The van der Waals surface area contributed by atoms with Crippen molar-refractivity contribution in [2.75, 3.05) is 13.2 Å². The first-order valence-electron chi connectivity index (χ1n) is 7.21. The van der Waals surface area contributed by atoms with Gasteiger partial charge in [0.2, 0.25) is 0 Å². The predicted octanol–water partition coefficient (Wildman–Crippen LogP) is 3.11. The third-order valence-electron chi connectivity index (χ3n) is 4.28. The summed E-state index contributed by atoms with van der Waals surface area (Å²) < 4.78 is 5.87. The van der Waals surface area contributed by atoms with Crippen molar-refractivity contribution in [1.82, 2.24) is 5.32 Å². The van der Waals surface area contributed by atoms with Crippen LogP contribution in [0.1, 0.15) is 58.3 Å². The molecule has 16 heavy (non-hydrogen) atoms. The van der Waals surface area contributed by atoms with E-state index in [1.807, 2.05) is 0 Å². The zero-order chi connectivity index (χ0) is 11.2. The summed E-state index contributed by atoms with van der Waals surface area (Å²) in [6.45, 7) is 4.34. The fourth-order valence-electron chi connectivity index (χ4n) is 3.14. The first-order valence-corrected chi connectivity index (χ1v) is 7.21. The molecule has 0 saturated heterocycles. The molecule has 0 aromatic heterocycles. The minimum Gasteiger partial charge on any atom is -0.377 e. The Morgan fingerprint density at radius 3 is 2.44 bits per heavy atom. The van der Waals surface area contributed by atoms with Gasteiger partial charge in [-0.05, 0) is 31.6 Å². The van der Waals surface area contributed by atoms with Crippen molar-refractivity contribution in [1.29, 1.82) is 0 Å². The molecule has 2 rings (SSSR count). The molecule has 0 aromatic carbocycles. The third-order valence-corrected chi connectivity index (χ3v) is 4.28. The first-order chi connectivity index (χ1) is 7.86. The van der Waals surface area contributed by atoms with Gasteiger partial charge in [-0.3, -0.25) is 0 Å². The summed E-state index contributed by atoms with van der Waals surface area (Å²) in [6, 6.07) is 0.751. The van der Waals surface area contributed by atoms with Crippen molar-refractivity contribution < 1.29 is 4.74 Å². The molecule has 2 fully saturated rings. The molecule has 0 radical (unpaired) electrons. The van der Waals surface area contributed by atoms with E-state index in [4.69, 9.17) is 4.74 Å². The molecular weight excluding hydrogens is 198 g/mol. The molecular formula is C14H27NO. The molecule has 0 spiro atoms. The zero-order valence-corrected chi connectivity index (χ0v) is 10.7. The van der Waals surface area contributed by atoms with E-state index in [2.05, 4.69) is 12.2 Å². The van der Waals surface area contributed by atoms with Gasteiger partial charge in [-0.1, -0.05) is 32.6 Å². The number of hydrogen-bond acceptors (Lipinski definition) is 2.